The van der Waals surface area contributed by atoms with E-state index in [4.69, 9.17) is 0 Å². The minimum absolute atomic E-state index is 1.18. The second-order valence-electron chi connectivity index (χ2n) is 9.07. The fourth-order valence-corrected chi connectivity index (χ4v) is 13.2. The molecular formula is C30H41P. The molecule has 3 aromatic rings. The van der Waals surface area contributed by atoms with Crippen LogP contribution in [0.5, 0.6) is 0 Å². The summed E-state index contributed by atoms with van der Waals surface area (Å²) in [6.45, 7) is 4.38. The van der Waals surface area contributed by atoms with Crippen molar-refractivity contribution in [3.63, 3.8) is 0 Å². The molecule has 166 valence electrons. The van der Waals surface area contributed by atoms with Gasteiger partial charge in [-0.1, -0.05) is 0 Å². The third kappa shape index (κ3) is 4.51. The third-order valence-corrected chi connectivity index (χ3v) is 14.4. The molecule has 0 spiro atoms. The average Bonchev–Trinajstić information content (AvgIpc) is 2.85. The first-order valence-electron chi connectivity index (χ1n) is 12.4. The number of unbranched alkanes of at least 4 members (excludes halogenated alkanes) is 3. The summed E-state index contributed by atoms with van der Waals surface area (Å²) in [5, 5.41) is 4.84. The molecule has 0 aromatic heterocycles. The Bertz CT molecular complexity index is 862. The molecule has 0 nitrogen and oxygen atoms in total. The molecule has 3 aromatic carbocycles. The normalized spacial score (nSPS) is 12.9. The molecule has 0 unspecified atom stereocenters. The minimum atomic E-state index is -2.63. The molecular weight excluding hydrogens is 391 g/mol. The molecule has 0 saturated carbocycles. The second kappa shape index (κ2) is 11.1. The zero-order valence-corrected chi connectivity index (χ0v) is 20.8. The first-order valence-corrected chi connectivity index (χ1v) is 15.0. The van der Waals surface area contributed by atoms with Crippen LogP contribution in [0.4, 0.5) is 0 Å². The van der Waals surface area contributed by atoms with Crippen LogP contribution in [0.3, 0.4) is 0 Å². The predicted molar refractivity (Wildman–Crippen MR) is 143 cm³/mol. The van der Waals surface area contributed by atoms with Gasteiger partial charge in [-0.25, -0.2) is 0 Å². The van der Waals surface area contributed by atoms with Crippen LogP contribution in [0, 0.1) is 0 Å². The fraction of sp³-hybridized carbons (Fsp3) is 0.400. The zero-order valence-electron chi connectivity index (χ0n) is 19.9. The molecule has 0 radical (unpaired) electrons. The Morgan fingerprint density at radius 2 is 0.968 bits per heavy atom. The van der Waals surface area contributed by atoms with Crippen molar-refractivity contribution < 1.29 is 0 Å². The van der Waals surface area contributed by atoms with E-state index in [0.29, 0.717) is 0 Å². The number of hydrogen-bond donors (Lipinski definition) is 0. The van der Waals surface area contributed by atoms with Crippen LogP contribution >= 0.6 is 6.60 Å². The van der Waals surface area contributed by atoms with Crippen LogP contribution < -0.4 is 15.9 Å². The number of benzene rings is 3. The Balaban J connectivity index is 2.46. The van der Waals surface area contributed by atoms with E-state index in [1.807, 2.05) is 0 Å². The van der Waals surface area contributed by atoms with E-state index in [1.165, 1.54) is 57.3 Å². The van der Waals surface area contributed by atoms with Crippen molar-refractivity contribution >= 4 is 22.5 Å². The molecule has 31 heavy (non-hydrogen) atoms. The van der Waals surface area contributed by atoms with Gasteiger partial charge >= 0.3 is 191 Å². The van der Waals surface area contributed by atoms with E-state index < -0.39 is 6.60 Å². The summed E-state index contributed by atoms with van der Waals surface area (Å²) in [7, 11) is 0. The Morgan fingerprint density at radius 1 is 0.516 bits per heavy atom. The summed E-state index contributed by atoms with van der Waals surface area (Å²) in [5.74, 6) is 0. The van der Waals surface area contributed by atoms with Gasteiger partial charge in [-0.05, 0) is 0 Å². The van der Waals surface area contributed by atoms with Crippen LogP contribution in [0.1, 0.15) is 64.9 Å². The number of aryl methyl sites for hydroxylation is 1. The molecule has 0 aliphatic carbocycles. The monoisotopic (exact) mass is 432 g/mol. The molecule has 0 atom stereocenters. The van der Waals surface area contributed by atoms with E-state index in [0.717, 1.165) is 0 Å². The molecule has 0 heterocycles. The predicted octanol–water partition coefficient (Wildman–Crippen LogP) is 7.46. The third-order valence-electron chi connectivity index (χ3n) is 7.14. The van der Waals surface area contributed by atoms with Gasteiger partial charge in [0.25, 0.3) is 0 Å². The first kappa shape index (κ1) is 23.7. The Labute approximate surface area is 191 Å². The van der Waals surface area contributed by atoms with E-state index in [2.05, 4.69) is 106 Å². The molecule has 1 heteroatoms. The molecule has 0 bridgehead atoms. The molecule has 0 amide bonds. The van der Waals surface area contributed by atoms with Crippen LogP contribution in [0.2, 0.25) is 0 Å². The molecule has 0 saturated heterocycles. The first-order chi connectivity index (χ1) is 15.2. The van der Waals surface area contributed by atoms with Gasteiger partial charge in [0.2, 0.25) is 0 Å². The molecule has 0 aliphatic heterocycles. The molecule has 0 aliphatic rings. The SMILES string of the molecule is CCCCc1ccccc1P(CCCC)(CCCC)(c1ccccc1)c1ccccc1. The quantitative estimate of drug-likeness (QED) is 0.261. The standard InChI is InChI=1S/C30H41P/c1-4-7-18-27-19-16-17-24-30(27)31(25-8-5-2,26-9-6-3,28-20-12-10-13-21-28)29-22-14-11-15-23-29/h10-17,19-24H,4-9,18,25-26H2,1-3H3. The topological polar surface area (TPSA) is 0 Å². The summed E-state index contributed by atoms with van der Waals surface area (Å²) in [4.78, 5) is 0. The zero-order chi connectivity index (χ0) is 22.0. The summed E-state index contributed by atoms with van der Waals surface area (Å²) >= 11 is 0. The van der Waals surface area contributed by atoms with E-state index >= 15 is 0 Å². The molecule has 0 N–H and O–H groups in total. The van der Waals surface area contributed by atoms with Gasteiger partial charge in [0.1, 0.15) is 0 Å². The van der Waals surface area contributed by atoms with Crippen molar-refractivity contribution in [2.45, 2.75) is 65.7 Å². The van der Waals surface area contributed by atoms with Crippen LogP contribution in [-0.4, -0.2) is 12.3 Å². The van der Waals surface area contributed by atoms with Gasteiger partial charge in [0, 0.05) is 0 Å². The van der Waals surface area contributed by atoms with Gasteiger partial charge in [0.15, 0.2) is 0 Å². The van der Waals surface area contributed by atoms with Gasteiger partial charge in [-0.15, -0.1) is 0 Å². The van der Waals surface area contributed by atoms with Crippen molar-refractivity contribution in [3.8, 4) is 0 Å². The fourth-order valence-electron chi connectivity index (χ4n) is 5.50. The van der Waals surface area contributed by atoms with E-state index in [9.17, 15) is 0 Å². The van der Waals surface area contributed by atoms with Crippen molar-refractivity contribution in [3.05, 3.63) is 90.5 Å². The summed E-state index contributed by atoms with van der Waals surface area (Å²) in [5.41, 5.74) is 1.59. The average molecular weight is 433 g/mol. The Kier molecular flexibility index (Phi) is 8.50. The van der Waals surface area contributed by atoms with Crippen molar-refractivity contribution in [1.29, 1.82) is 0 Å². The number of rotatable bonds is 12. The summed E-state index contributed by atoms with van der Waals surface area (Å²) in [6, 6.07) is 32.7. The van der Waals surface area contributed by atoms with Crippen molar-refractivity contribution in [2.75, 3.05) is 12.3 Å². The summed E-state index contributed by atoms with van der Waals surface area (Å²) < 4.78 is 0. The van der Waals surface area contributed by atoms with Crippen LogP contribution in [0.15, 0.2) is 84.9 Å². The van der Waals surface area contributed by atoms with Gasteiger partial charge in [-0.3, -0.25) is 0 Å². The van der Waals surface area contributed by atoms with E-state index in [1.54, 1.807) is 21.5 Å². The molecule has 0 fully saturated rings. The van der Waals surface area contributed by atoms with Crippen LogP contribution in [-0.2, 0) is 6.42 Å². The van der Waals surface area contributed by atoms with Crippen molar-refractivity contribution in [2.24, 2.45) is 0 Å². The maximum atomic E-state index is 2.51. The van der Waals surface area contributed by atoms with Gasteiger partial charge < -0.3 is 0 Å². The maximum absolute atomic E-state index is 2.63. The van der Waals surface area contributed by atoms with Gasteiger partial charge in [0.05, 0.1) is 0 Å². The van der Waals surface area contributed by atoms with E-state index in [-0.39, 0.29) is 0 Å². The second-order valence-corrected chi connectivity index (χ2v) is 14.5. The number of hydrogen-bond acceptors (Lipinski definition) is 0. The van der Waals surface area contributed by atoms with Crippen molar-refractivity contribution in [1.82, 2.24) is 0 Å². The Morgan fingerprint density at radius 3 is 1.45 bits per heavy atom. The molecule has 3 rings (SSSR count). The Hall–Kier alpha value is -1.91. The summed E-state index contributed by atoms with van der Waals surface area (Å²) in [6.07, 6.45) is 11.3. The van der Waals surface area contributed by atoms with Crippen LogP contribution in [0.25, 0.3) is 0 Å². The van der Waals surface area contributed by atoms with Gasteiger partial charge in [-0.2, -0.15) is 0 Å².